The molecule has 24 heavy (non-hydrogen) atoms. The van der Waals surface area contributed by atoms with Crippen molar-refractivity contribution in [1.82, 2.24) is 10.6 Å². The fourth-order valence-electron chi connectivity index (χ4n) is 4.26. The average molecular weight is 332 g/mol. The molecular weight excluding hydrogens is 303 g/mol. The van der Waals surface area contributed by atoms with E-state index in [1.807, 2.05) is 6.07 Å². The summed E-state index contributed by atoms with van der Waals surface area (Å²) in [7, 11) is 0. The smallest absolute Gasteiger partial charge is 0.230 e. The van der Waals surface area contributed by atoms with Crippen LogP contribution in [0.4, 0.5) is 4.39 Å². The molecule has 0 aromatic heterocycles. The van der Waals surface area contributed by atoms with Gasteiger partial charge in [0.15, 0.2) is 0 Å². The average Bonchev–Trinajstić information content (AvgIpc) is 2.61. The van der Waals surface area contributed by atoms with Crippen LogP contribution in [-0.4, -0.2) is 25.5 Å². The lowest BCUT2D eigenvalue weighted by atomic mass is 9.68. The van der Waals surface area contributed by atoms with E-state index in [0.29, 0.717) is 6.54 Å². The molecule has 2 fully saturated rings. The van der Waals surface area contributed by atoms with Gasteiger partial charge in [-0.25, -0.2) is 4.39 Å². The molecule has 4 heteroatoms. The van der Waals surface area contributed by atoms with Crippen molar-refractivity contribution in [1.29, 1.82) is 0 Å². The van der Waals surface area contributed by atoms with E-state index in [0.717, 1.165) is 63.6 Å². The number of rotatable bonds is 4. The Morgan fingerprint density at radius 1 is 1.17 bits per heavy atom. The number of piperidine rings is 1. The fourth-order valence-corrected chi connectivity index (χ4v) is 4.26. The standard InChI is InChI=1S/C20H29FN2O/c1-19(10-12-22-13-11-19)15-23-18(24)20(8-3-2-4-9-20)16-6-5-7-17(21)14-16/h5-7,14,22H,2-4,8-13,15H2,1H3,(H,23,24). The van der Waals surface area contributed by atoms with E-state index in [9.17, 15) is 9.18 Å². The summed E-state index contributed by atoms with van der Waals surface area (Å²) in [6, 6.07) is 6.65. The fraction of sp³-hybridized carbons (Fsp3) is 0.650. The van der Waals surface area contributed by atoms with Gasteiger partial charge in [-0.2, -0.15) is 0 Å². The number of hydrogen-bond donors (Lipinski definition) is 2. The first-order valence-corrected chi connectivity index (χ1v) is 9.29. The monoisotopic (exact) mass is 332 g/mol. The van der Waals surface area contributed by atoms with Crippen LogP contribution in [0, 0.1) is 11.2 Å². The van der Waals surface area contributed by atoms with Crippen molar-refractivity contribution in [2.75, 3.05) is 19.6 Å². The molecule has 132 valence electrons. The molecule has 1 aromatic rings. The summed E-state index contributed by atoms with van der Waals surface area (Å²) in [5.74, 6) is -0.164. The van der Waals surface area contributed by atoms with Crippen LogP contribution in [0.5, 0.6) is 0 Å². The molecule has 1 aromatic carbocycles. The van der Waals surface area contributed by atoms with Gasteiger partial charge < -0.3 is 10.6 Å². The topological polar surface area (TPSA) is 41.1 Å². The third-order valence-electron chi connectivity index (χ3n) is 6.01. The van der Waals surface area contributed by atoms with Crippen molar-refractivity contribution in [3.05, 3.63) is 35.6 Å². The predicted molar refractivity (Wildman–Crippen MR) is 94.4 cm³/mol. The maximum Gasteiger partial charge on any atom is 0.230 e. The summed E-state index contributed by atoms with van der Waals surface area (Å²) in [4.78, 5) is 13.2. The molecule has 1 aliphatic heterocycles. The molecule has 2 aliphatic rings. The Morgan fingerprint density at radius 3 is 2.54 bits per heavy atom. The molecule has 1 saturated carbocycles. The number of carbonyl (C=O) groups is 1. The Kier molecular flexibility index (Phi) is 5.24. The summed E-state index contributed by atoms with van der Waals surface area (Å²) in [5, 5.41) is 6.61. The number of amides is 1. The highest BCUT2D eigenvalue weighted by atomic mass is 19.1. The highest BCUT2D eigenvalue weighted by molar-refractivity contribution is 5.88. The van der Waals surface area contributed by atoms with Gasteiger partial charge in [-0.05, 0) is 61.9 Å². The van der Waals surface area contributed by atoms with E-state index in [-0.39, 0.29) is 17.1 Å². The first kappa shape index (κ1) is 17.4. The van der Waals surface area contributed by atoms with Crippen LogP contribution >= 0.6 is 0 Å². The Bertz CT molecular complexity index is 575. The molecule has 1 heterocycles. The first-order valence-electron chi connectivity index (χ1n) is 9.29. The van der Waals surface area contributed by atoms with Crippen LogP contribution < -0.4 is 10.6 Å². The normalized spacial score (nSPS) is 22.8. The molecule has 1 amide bonds. The third-order valence-corrected chi connectivity index (χ3v) is 6.01. The van der Waals surface area contributed by atoms with Gasteiger partial charge in [0.1, 0.15) is 5.82 Å². The molecule has 1 saturated heterocycles. The summed E-state index contributed by atoms with van der Waals surface area (Å²) in [5.41, 5.74) is 0.456. The molecule has 0 bridgehead atoms. The lowest BCUT2D eigenvalue weighted by Crippen LogP contribution is -2.50. The number of halogens is 1. The van der Waals surface area contributed by atoms with Crippen LogP contribution in [0.15, 0.2) is 24.3 Å². The highest BCUT2D eigenvalue weighted by Gasteiger charge is 2.42. The molecule has 2 N–H and O–H groups in total. The van der Waals surface area contributed by atoms with Crippen molar-refractivity contribution < 1.29 is 9.18 Å². The highest BCUT2D eigenvalue weighted by Crippen LogP contribution is 2.40. The zero-order chi connectivity index (χ0) is 17.0. The maximum atomic E-state index is 13.8. The molecular formula is C20H29FN2O. The van der Waals surface area contributed by atoms with E-state index in [4.69, 9.17) is 0 Å². The Balaban J connectivity index is 1.77. The third kappa shape index (κ3) is 3.64. The second kappa shape index (κ2) is 7.22. The molecule has 1 aliphatic carbocycles. The van der Waals surface area contributed by atoms with Gasteiger partial charge in [0.05, 0.1) is 5.41 Å². The van der Waals surface area contributed by atoms with Gasteiger partial charge in [-0.15, -0.1) is 0 Å². The SMILES string of the molecule is CC1(CNC(=O)C2(c3cccc(F)c3)CCCCC2)CCNCC1. The van der Waals surface area contributed by atoms with E-state index in [2.05, 4.69) is 17.6 Å². The van der Waals surface area contributed by atoms with E-state index in [1.165, 1.54) is 6.07 Å². The van der Waals surface area contributed by atoms with Crippen LogP contribution in [0.2, 0.25) is 0 Å². The van der Waals surface area contributed by atoms with Crippen molar-refractivity contribution in [3.63, 3.8) is 0 Å². The van der Waals surface area contributed by atoms with Crippen LogP contribution in [0.1, 0.15) is 57.4 Å². The zero-order valence-electron chi connectivity index (χ0n) is 14.7. The first-order chi connectivity index (χ1) is 11.5. The van der Waals surface area contributed by atoms with Gasteiger partial charge in [0.25, 0.3) is 0 Å². The number of nitrogens with one attached hydrogen (secondary N) is 2. The molecule has 0 atom stereocenters. The van der Waals surface area contributed by atoms with Crippen molar-refractivity contribution in [2.45, 2.75) is 57.3 Å². The quantitative estimate of drug-likeness (QED) is 0.885. The number of carbonyl (C=O) groups excluding carboxylic acids is 1. The van der Waals surface area contributed by atoms with Gasteiger partial charge >= 0.3 is 0 Å². The summed E-state index contributed by atoms with van der Waals surface area (Å²) in [6.45, 7) is 5.00. The second-order valence-electron chi connectivity index (χ2n) is 7.90. The molecule has 0 spiro atoms. The minimum Gasteiger partial charge on any atom is -0.355 e. The second-order valence-corrected chi connectivity index (χ2v) is 7.90. The molecule has 3 rings (SSSR count). The lowest BCUT2D eigenvalue weighted by Gasteiger charge is -2.39. The van der Waals surface area contributed by atoms with Gasteiger partial charge in [0, 0.05) is 6.54 Å². The van der Waals surface area contributed by atoms with Crippen LogP contribution in [0.3, 0.4) is 0 Å². The van der Waals surface area contributed by atoms with Crippen LogP contribution in [-0.2, 0) is 10.2 Å². The van der Waals surface area contributed by atoms with Crippen molar-refractivity contribution >= 4 is 5.91 Å². The molecule has 3 nitrogen and oxygen atoms in total. The summed E-state index contributed by atoms with van der Waals surface area (Å²) < 4.78 is 13.8. The maximum absolute atomic E-state index is 13.8. The van der Waals surface area contributed by atoms with Crippen LogP contribution in [0.25, 0.3) is 0 Å². The Hall–Kier alpha value is -1.42. The van der Waals surface area contributed by atoms with Gasteiger partial charge in [0.2, 0.25) is 5.91 Å². The molecule has 0 unspecified atom stereocenters. The van der Waals surface area contributed by atoms with E-state index >= 15 is 0 Å². The number of hydrogen-bond acceptors (Lipinski definition) is 2. The predicted octanol–water partition coefficient (Wildman–Crippen LogP) is 3.53. The minimum atomic E-state index is -0.552. The van der Waals surface area contributed by atoms with Gasteiger partial charge in [-0.1, -0.05) is 38.3 Å². The summed E-state index contributed by atoms with van der Waals surface area (Å²) in [6.07, 6.45) is 7.03. The Labute approximate surface area is 144 Å². The lowest BCUT2D eigenvalue weighted by molar-refractivity contribution is -0.128. The van der Waals surface area contributed by atoms with Crippen molar-refractivity contribution in [2.24, 2.45) is 5.41 Å². The minimum absolute atomic E-state index is 0.0903. The van der Waals surface area contributed by atoms with E-state index in [1.54, 1.807) is 12.1 Å². The number of benzene rings is 1. The summed E-state index contributed by atoms with van der Waals surface area (Å²) >= 11 is 0. The zero-order valence-corrected chi connectivity index (χ0v) is 14.7. The van der Waals surface area contributed by atoms with Crippen molar-refractivity contribution in [3.8, 4) is 0 Å². The Morgan fingerprint density at radius 2 is 1.88 bits per heavy atom. The van der Waals surface area contributed by atoms with E-state index < -0.39 is 5.41 Å². The molecule has 0 radical (unpaired) electrons. The van der Waals surface area contributed by atoms with Gasteiger partial charge in [-0.3, -0.25) is 4.79 Å². The largest absolute Gasteiger partial charge is 0.355 e.